The summed E-state index contributed by atoms with van der Waals surface area (Å²) in [5.41, 5.74) is 1.18. The molecule has 0 fully saturated rings. The summed E-state index contributed by atoms with van der Waals surface area (Å²) in [5.74, 6) is 1.95. The lowest BCUT2D eigenvalue weighted by atomic mass is 10.3. The zero-order valence-corrected chi connectivity index (χ0v) is 10.3. The first-order valence-corrected chi connectivity index (χ1v) is 5.66. The van der Waals surface area contributed by atoms with Gasteiger partial charge in [0.1, 0.15) is 11.6 Å². The number of nitrogens with zero attached hydrogens (tertiary/aromatic N) is 3. The van der Waals surface area contributed by atoms with Crippen molar-refractivity contribution in [2.24, 2.45) is 0 Å². The highest BCUT2D eigenvalue weighted by Crippen LogP contribution is 2.17. The Morgan fingerprint density at radius 3 is 2.87 bits per heavy atom. The molecule has 0 aliphatic heterocycles. The molecule has 0 spiro atoms. The van der Waals surface area contributed by atoms with Crippen molar-refractivity contribution in [3.8, 4) is 5.82 Å². The van der Waals surface area contributed by atoms with Gasteiger partial charge in [0.25, 0.3) is 0 Å². The summed E-state index contributed by atoms with van der Waals surface area (Å²) in [5, 5.41) is 0. The monoisotopic (exact) mass is 265 g/mol. The quantitative estimate of drug-likeness (QED) is 0.836. The van der Waals surface area contributed by atoms with E-state index in [0.717, 1.165) is 22.5 Å². The molecule has 3 nitrogen and oxygen atoms in total. The predicted octanol–water partition coefficient (Wildman–Crippen LogP) is 2.90. The Balaban J connectivity index is 2.50. The standard InChI is InChI=1S/C11H12BrN3/c1-3-10-13-4-5-15(10)11-6-8(2)9(12)7-14-11/h4-7H,3H2,1-2H3. The molecule has 0 unspecified atom stereocenters. The van der Waals surface area contributed by atoms with Gasteiger partial charge in [-0.25, -0.2) is 9.97 Å². The Hall–Kier alpha value is -1.16. The molecule has 0 radical (unpaired) electrons. The first-order chi connectivity index (χ1) is 7.22. The highest BCUT2D eigenvalue weighted by molar-refractivity contribution is 9.10. The zero-order valence-electron chi connectivity index (χ0n) is 8.74. The summed E-state index contributed by atoms with van der Waals surface area (Å²) in [6.07, 6.45) is 6.47. The van der Waals surface area contributed by atoms with Crippen molar-refractivity contribution >= 4 is 15.9 Å². The average Bonchev–Trinajstić information content (AvgIpc) is 2.70. The van der Waals surface area contributed by atoms with Gasteiger partial charge in [0.2, 0.25) is 0 Å². The van der Waals surface area contributed by atoms with Gasteiger partial charge in [0.15, 0.2) is 0 Å². The van der Waals surface area contributed by atoms with E-state index in [9.17, 15) is 0 Å². The molecular weight excluding hydrogens is 254 g/mol. The molecule has 0 N–H and O–H groups in total. The maximum Gasteiger partial charge on any atom is 0.138 e. The minimum Gasteiger partial charge on any atom is -0.288 e. The van der Waals surface area contributed by atoms with E-state index < -0.39 is 0 Å². The SMILES string of the molecule is CCc1nccn1-c1cc(C)c(Br)cn1. The van der Waals surface area contributed by atoms with Crippen molar-refractivity contribution in [1.82, 2.24) is 14.5 Å². The number of rotatable bonds is 2. The van der Waals surface area contributed by atoms with Crippen LogP contribution in [0.1, 0.15) is 18.3 Å². The largest absolute Gasteiger partial charge is 0.288 e. The van der Waals surface area contributed by atoms with Crippen LogP contribution in [0.25, 0.3) is 5.82 Å². The number of aryl methyl sites for hydroxylation is 2. The summed E-state index contributed by atoms with van der Waals surface area (Å²) in [6, 6.07) is 2.05. The maximum absolute atomic E-state index is 4.37. The van der Waals surface area contributed by atoms with Crippen LogP contribution in [0.5, 0.6) is 0 Å². The normalized spacial score (nSPS) is 10.6. The van der Waals surface area contributed by atoms with Crippen molar-refractivity contribution < 1.29 is 0 Å². The Morgan fingerprint density at radius 1 is 1.40 bits per heavy atom. The van der Waals surface area contributed by atoms with E-state index in [-0.39, 0.29) is 0 Å². The molecule has 0 atom stereocenters. The van der Waals surface area contributed by atoms with Crippen LogP contribution in [0, 0.1) is 6.92 Å². The minimum absolute atomic E-state index is 0.907. The molecule has 0 amide bonds. The van der Waals surface area contributed by atoms with Gasteiger partial charge in [-0.1, -0.05) is 6.92 Å². The smallest absolute Gasteiger partial charge is 0.138 e. The third-order valence-electron chi connectivity index (χ3n) is 2.31. The molecule has 2 aromatic rings. The van der Waals surface area contributed by atoms with E-state index in [4.69, 9.17) is 0 Å². The summed E-state index contributed by atoms with van der Waals surface area (Å²) in [6.45, 7) is 4.14. The average molecular weight is 266 g/mol. The number of hydrogen-bond acceptors (Lipinski definition) is 2. The van der Waals surface area contributed by atoms with Gasteiger partial charge in [-0.15, -0.1) is 0 Å². The second-order valence-electron chi connectivity index (χ2n) is 3.36. The summed E-state index contributed by atoms with van der Waals surface area (Å²) in [4.78, 5) is 8.64. The van der Waals surface area contributed by atoms with Crippen LogP contribution in [-0.2, 0) is 6.42 Å². The molecule has 2 heterocycles. The van der Waals surface area contributed by atoms with E-state index in [0.29, 0.717) is 0 Å². The Kier molecular flexibility index (Phi) is 2.86. The number of pyridine rings is 1. The van der Waals surface area contributed by atoms with Gasteiger partial charge in [0.05, 0.1) is 0 Å². The lowest BCUT2D eigenvalue weighted by molar-refractivity contribution is 0.865. The molecule has 2 aromatic heterocycles. The highest BCUT2D eigenvalue weighted by Gasteiger charge is 2.05. The molecule has 0 saturated carbocycles. The van der Waals surface area contributed by atoms with Crippen molar-refractivity contribution in [1.29, 1.82) is 0 Å². The van der Waals surface area contributed by atoms with Crippen molar-refractivity contribution in [2.75, 3.05) is 0 Å². The van der Waals surface area contributed by atoms with Crippen LogP contribution in [0.4, 0.5) is 0 Å². The lowest BCUT2D eigenvalue weighted by Crippen LogP contribution is -2.01. The van der Waals surface area contributed by atoms with Gasteiger partial charge in [-0.3, -0.25) is 4.57 Å². The summed E-state index contributed by atoms with van der Waals surface area (Å²) >= 11 is 3.44. The fourth-order valence-electron chi connectivity index (χ4n) is 1.46. The van der Waals surface area contributed by atoms with Crippen LogP contribution in [0.15, 0.2) is 29.1 Å². The van der Waals surface area contributed by atoms with E-state index in [1.807, 2.05) is 23.0 Å². The molecule has 0 aliphatic rings. The zero-order chi connectivity index (χ0) is 10.8. The van der Waals surface area contributed by atoms with Crippen molar-refractivity contribution in [3.63, 3.8) is 0 Å². The third-order valence-corrected chi connectivity index (χ3v) is 3.14. The van der Waals surface area contributed by atoms with Crippen LogP contribution in [-0.4, -0.2) is 14.5 Å². The summed E-state index contributed by atoms with van der Waals surface area (Å²) < 4.78 is 3.05. The molecule has 0 saturated heterocycles. The van der Waals surface area contributed by atoms with Gasteiger partial charge in [0, 0.05) is 29.5 Å². The van der Waals surface area contributed by atoms with Crippen molar-refractivity contribution in [3.05, 3.63) is 40.5 Å². The van der Waals surface area contributed by atoms with Crippen LogP contribution >= 0.6 is 15.9 Å². The van der Waals surface area contributed by atoms with Crippen LogP contribution in [0.2, 0.25) is 0 Å². The predicted molar refractivity (Wildman–Crippen MR) is 63.2 cm³/mol. The second kappa shape index (κ2) is 4.14. The Morgan fingerprint density at radius 2 is 2.20 bits per heavy atom. The lowest BCUT2D eigenvalue weighted by Gasteiger charge is -2.06. The number of aromatic nitrogens is 3. The second-order valence-corrected chi connectivity index (χ2v) is 4.21. The van der Waals surface area contributed by atoms with Gasteiger partial charge in [-0.05, 0) is 34.5 Å². The maximum atomic E-state index is 4.37. The molecular formula is C11H12BrN3. The highest BCUT2D eigenvalue weighted by atomic mass is 79.9. The van der Waals surface area contributed by atoms with Gasteiger partial charge < -0.3 is 0 Å². The number of halogens is 1. The Bertz CT molecular complexity index is 476. The molecule has 2 rings (SSSR count). The van der Waals surface area contributed by atoms with E-state index in [1.165, 1.54) is 5.56 Å². The molecule has 0 aliphatic carbocycles. The van der Waals surface area contributed by atoms with E-state index in [1.54, 1.807) is 6.20 Å². The Labute approximate surface area is 97.3 Å². The first-order valence-electron chi connectivity index (χ1n) is 4.87. The molecule has 78 valence electrons. The number of imidazole rings is 1. The summed E-state index contributed by atoms with van der Waals surface area (Å²) in [7, 11) is 0. The van der Waals surface area contributed by atoms with Gasteiger partial charge in [-0.2, -0.15) is 0 Å². The topological polar surface area (TPSA) is 30.7 Å². The molecule has 4 heteroatoms. The molecule has 0 aromatic carbocycles. The fourth-order valence-corrected chi connectivity index (χ4v) is 1.68. The fraction of sp³-hybridized carbons (Fsp3) is 0.273. The first kappa shape index (κ1) is 10.4. The minimum atomic E-state index is 0.907. The third kappa shape index (κ3) is 1.95. The van der Waals surface area contributed by atoms with E-state index in [2.05, 4.69) is 39.7 Å². The number of hydrogen-bond donors (Lipinski definition) is 0. The van der Waals surface area contributed by atoms with Gasteiger partial charge >= 0.3 is 0 Å². The molecule has 15 heavy (non-hydrogen) atoms. The van der Waals surface area contributed by atoms with E-state index >= 15 is 0 Å². The van der Waals surface area contributed by atoms with Crippen LogP contribution in [0.3, 0.4) is 0 Å². The molecule has 0 bridgehead atoms. The van der Waals surface area contributed by atoms with Crippen molar-refractivity contribution in [2.45, 2.75) is 20.3 Å². The van der Waals surface area contributed by atoms with Crippen LogP contribution < -0.4 is 0 Å².